The number of carbonyl (C=O) groups is 1. The minimum Gasteiger partial charge on any atom is -0.454 e. The Morgan fingerprint density at radius 2 is 1.91 bits per heavy atom. The number of aromatic nitrogens is 1. The molecule has 1 aromatic heterocycles. The fraction of sp³-hybridized carbons (Fsp3) is 0.464. The van der Waals surface area contributed by atoms with Crippen LogP contribution in [0.4, 0.5) is 5.69 Å². The summed E-state index contributed by atoms with van der Waals surface area (Å²) in [4.78, 5) is 13.4. The first-order valence-electron chi connectivity index (χ1n) is 12.3. The largest absolute Gasteiger partial charge is 0.454 e. The van der Waals surface area contributed by atoms with Gasteiger partial charge in [0, 0.05) is 34.3 Å². The van der Waals surface area contributed by atoms with Crippen LogP contribution in [-0.2, 0) is 26.9 Å². The number of fused-ring (bicyclic) bond motifs is 2. The van der Waals surface area contributed by atoms with Crippen molar-refractivity contribution in [3.05, 3.63) is 53.7 Å². The predicted octanol–water partition coefficient (Wildman–Crippen LogP) is 4.74. The maximum absolute atomic E-state index is 13.4. The van der Waals surface area contributed by atoms with Gasteiger partial charge in [-0.25, -0.2) is 0 Å². The van der Waals surface area contributed by atoms with E-state index < -0.39 is 11.5 Å². The van der Waals surface area contributed by atoms with Crippen molar-refractivity contribution in [1.29, 1.82) is 0 Å². The topological polar surface area (TPSA) is 82.0 Å². The second-order valence-corrected chi connectivity index (χ2v) is 10.6. The van der Waals surface area contributed by atoms with Gasteiger partial charge in [-0.15, -0.1) is 0 Å². The van der Waals surface area contributed by atoms with Crippen LogP contribution in [0.2, 0.25) is 0 Å². The molecule has 0 spiro atoms. The van der Waals surface area contributed by atoms with Crippen LogP contribution >= 0.6 is 0 Å². The predicted molar refractivity (Wildman–Crippen MR) is 135 cm³/mol. The molecule has 2 heterocycles. The summed E-state index contributed by atoms with van der Waals surface area (Å²) in [5, 5.41) is 14.7. The number of nitrogens with zero attached hydrogens (tertiary/aromatic N) is 1. The molecule has 0 bridgehead atoms. The average molecular weight is 479 g/mol. The molecule has 1 aliphatic heterocycles. The molecular formula is C28H34N2O5. The standard InChI is InChI=1S/C28H34N2O5/c1-5-33-16-21(31)15-30-22-8-7-20(12-18(22)13-25(30)27(2,3)4)29-26(32)28(10-11-28)19-6-9-23-24(14-19)35-17-34-23/h6-9,12-14,21,31H,5,10-11,15-17H2,1-4H3,(H,29,32). The van der Waals surface area contributed by atoms with E-state index in [9.17, 15) is 9.90 Å². The van der Waals surface area contributed by atoms with Gasteiger partial charge in [-0.3, -0.25) is 4.79 Å². The van der Waals surface area contributed by atoms with Gasteiger partial charge in [-0.05, 0) is 61.7 Å². The lowest BCUT2D eigenvalue weighted by Crippen LogP contribution is -2.27. The van der Waals surface area contributed by atoms with E-state index in [4.69, 9.17) is 14.2 Å². The number of carbonyl (C=O) groups excluding carboxylic acids is 1. The summed E-state index contributed by atoms with van der Waals surface area (Å²) in [7, 11) is 0. The summed E-state index contributed by atoms with van der Waals surface area (Å²) >= 11 is 0. The number of anilines is 1. The molecule has 2 aliphatic rings. The van der Waals surface area contributed by atoms with E-state index in [1.807, 2.05) is 43.3 Å². The molecule has 186 valence electrons. The Bertz CT molecular complexity index is 1250. The Morgan fingerprint density at radius 3 is 2.63 bits per heavy atom. The zero-order chi connectivity index (χ0) is 24.8. The maximum Gasteiger partial charge on any atom is 0.235 e. The Labute approximate surface area is 206 Å². The number of amides is 1. The summed E-state index contributed by atoms with van der Waals surface area (Å²) in [6, 6.07) is 13.9. The van der Waals surface area contributed by atoms with E-state index in [0.29, 0.717) is 25.5 Å². The first kappa shape index (κ1) is 23.7. The maximum atomic E-state index is 13.4. The highest BCUT2D eigenvalue weighted by Crippen LogP contribution is 2.51. The molecule has 5 rings (SSSR count). The highest BCUT2D eigenvalue weighted by Gasteiger charge is 2.51. The number of aliphatic hydroxyl groups excluding tert-OH is 1. The van der Waals surface area contributed by atoms with Gasteiger partial charge >= 0.3 is 0 Å². The molecule has 1 unspecified atom stereocenters. The van der Waals surface area contributed by atoms with E-state index in [1.165, 1.54) is 0 Å². The lowest BCUT2D eigenvalue weighted by atomic mass is 9.92. The molecule has 7 nitrogen and oxygen atoms in total. The summed E-state index contributed by atoms with van der Waals surface area (Å²) in [5.74, 6) is 1.42. The average Bonchev–Trinajstić information content (AvgIpc) is 3.36. The molecular weight excluding hydrogens is 444 g/mol. The lowest BCUT2D eigenvalue weighted by molar-refractivity contribution is -0.118. The van der Waals surface area contributed by atoms with Crippen LogP contribution < -0.4 is 14.8 Å². The number of aliphatic hydroxyl groups is 1. The van der Waals surface area contributed by atoms with Crippen molar-refractivity contribution >= 4 is 22.5 Å². The van der Waals surface area contributed by atoms with Crippen LogP contribution in [0, 0.1) is 0 Å². The van der Waals surface area contributed by atoms with Crippen LogP contribution in [0.25, 0.3) is 10.9 Å². The smallest absolute Gasteiger partial charge is 0.235 e. The molecule has 1 saturated carbocycles. The molecule has 2 aromatic carbocycles. The molecule has 1 atom stereocenters. The second-order valence-electron chi connectivity index (χ2n) is 10.6. The van der Waals surface area contributed by atoms with E-state index in [0.717, 1.165) is 46.4 Å². The van der Waals surface area contributed by atoms with Gasteiger partial charge in [0.2, 0.25) is 12.7 Å². The van der Waals surface area contributed by atoms with E-state index in [2.05, 4.69) is 36.7 Å². The van der Waals surface area contributed by atoms with Crippen LogP contribution in [-0.4, -0.2) is 41.7 Å². The zero-order valence-electron chi connectivity index (χ0n) is 20.9. The number of benzene rings is 2. The Balaban J connectivity index is 1.40. The molecule has 3 aromatic rings. The zero-order valence-corrected chi connectivity index (χ0v) is 20.9. The van der Waals surface area contributed by atoms with Gasteiger partial charge in [0.25, 0.3) is 0 Å². The fourth-order valence-electron chi connectivity index (χ4n) is 4.90. The Hall–Kier alpha value is -3.03. The third-order valence-corrected chi connectivity index (χ3v) is 6.95. The van der Waals surface area contributed by atoms with Crippen molar-refractivity contribution in [2.75, 3.05) is 25.3 Å². The van der Waals surface area contributed by atoms with Crippen molar-refractivity contribution < 1.29 is 24.1 Å². The number of rotatable bonds is 8. The minimum atomic E-state index is -0.595. The van der Waals surface area contributed by atoms with Crippen molar-refractivity contribution in [3.63, 3.8) is 0 Å². The van der Waals surface area contributed by atoms with Crippen LogP contribution in [0.1, 0.15) is 51.8 Å². The molecule has 2 N–H and O–H groups in total. The normalized spacial score (nSPS) is 16.9. The van der Waals surface area contributed by atoms with Gasteiger partial charge in [0.15, 0.2) is 11.5 Å². The van der Waals surface area contributed by atoms with Crippen molar-refractivity contribution in [1.82, 2.24) is 4.57 Å². The monoisotopic (exact) mass is 478 g/mol. The SMILES string of the molecule is CCOCC(O)Cn1c(C(C)(C)C)cc2cc(NC(=O)C3(c4ccc5c(c4)OCO5)CC3)ccc21. The lowest BCUT2D eigenvalue weighted by Gasteiger charge is -2.23. The highest BCUT2D eigenvalue weighted by molar-refractivity contribution is 6.02. The third-order valence-electron chi connectivity index (χ3n) is 6.95. The van der Waals surface area contributed by atoms with Crippen molar-refractivity contribution in [3.8, 4) is 11.5 Å². The quantitative estimate of drug-likeness (QED) is 0.489. The molecule has 7 heteroatoms. The fourth-order valence-corrected chi connectivity index (χ4v) is 4.90. The number of hydrogen-bond acceptors (Lipinski definition) is 5. The van der Waals surface area contributed by atoms with E-state index in [1.54, 1.807) is 0 Å². The number of ether oxygens (including phenoxy) is 3. The number of nitrogens with one attached hydrogen (secondary N) is 1. The van der Waals surface area contributed by atoms with E-state index in [-0.39, 0.29) is 18.1 Å². The first-order chi connectivity index (χ1) is 16.7. The molecule has 1 amide bonds. The molecule has 0 saturated heterocycles. The molecule has 0 radical (unpaired) electrons. The summed E-state index contributed by atoms with van der Waals surface area (Å²) in [5.41, 5.74) is 3.25. The van der Waals surface area contributed by atoms with Gasteiger partial charge < -0.3 is 29.2 Å². The summed E-state index contributed by atoms with van der Waals surface area (Å²) in [6.45, 7) is 9.97. The second kappa shape index (κ2) is 8.88. The minimum absolute atomic E-state index is 0.00155. The van der Waals surface area contributed by atoms with E-state index >= 15 is 0 Å². The number of hydrogen-bond donors (Lipinski definition) is 2. The van der Waals surface area contributed by atoms with Crippen molar-refractivity contribution in [2.24, 2.45) is 0 Å². The third kappa shape index (κ3) is 4.50. The molecule has 35 heavy (non-hydrogen) atoms. The van der Waals surface area contributed by atoms with Crippen molar-refractivity contribution in [2.45, 2.75) is 64.0 Å². The van der Waals surface area contributed by atoms with Gasteiger partial charge in [0.1, 0.15) is 0 Å². The highest BCUT2D eigenvalue weighted by atomic mass is 16.7. The Kier molecular flexibility index (Phi) is 6.01. The Morgan fingerprint density at radius 1 is 1.14 bits per heavy atom. The van der Waals surface area contributed by atoms with Crippen LogP contribution in [0.3, 0.4) is 0 Å². The molecule has 1 fully saturated rings. The van der Waals surface area contributed by atoms with Gasteiger partial charge in [-0.1, -0.05) is 26.8 Å². The van der Waals surface area contributed by atoms with Crippen LogP contribution in [0.15, 0.2) is 42.5 Å². The summed E-state index contributed by atoms with van der Waals surface area (Å²) < 4.78 is 18.5. The first-order valence-corrected chi connectivity index (χ1v) is 12.3. The van der Waals surface area contributed by atoms with Gasteiger partial charge in [0.05, 0.1) is 24.7 Å². The van der Waals surface area contributed by atoms with Crippen LogP contribution in [0.5, 0.6) is 11.5 Å². The molecule has 1 aliphatic carbocycles. The van der Waals surface area contributed by atoms with Gasteiger partial charge in [-0.2, -0.15) is 0 Å². The summed E-state index contributed by atoms with van der Waals surface area (Å²) in [6.07, 6.45) is 1.02.